The van der Waals surface area contributed by atoms with Gasteiger partial charge < -0.3 is 14.5 Å². The Kier molecular flexibility index (Phi) is 5.47. The number of ether oxygens (including phenoxy) is 1. The second kappa shape index (κ2) is 7.96. The summed E-state index contributed by atoms with van der Waals surface area (Å²) in [7, 11) is 0. The van der Waals surface area contributed by atoms with Gasteiger partial charge in [0.15, 0.2) is 0 Å². The van der Waals surface area contributed by atoms with Crippen molar-refractivity contribution in [1.82, 2.24) is 20.1 Å². The summed E-state index contributed by atoms with van der Waals surface area (Å²) in [6, 6.07) is 3.19. The molecule has 0 bridgehead atoms. The number of carbonyl (C=O) groups excluding carboxylic acids is 3. The van der Waals surface area contributed by atoms with Crippen molar-refractivity contribution in [3.05, 3.63) is 24.5 Å². The monoisotopic (exact) mass is 346 g/mol. The lowest BCUT2D eigenvalue weighted by atomic mass is 10.1. The minimum Gasteiger partial charge on any atom is -0.488 e. The fraction of sp³-hybridized carbons (Fsp3) is 0.529. The Labute approximate surface area is 146 Å². The highest BCUT2D eigenvalue weighted by Gasteiger charge is 2.27. The molecule has 3 heterocycles. The Bertz CT molecular complexity index is 637. The van der Waals surface area contributed by atoms with Crippen molar-refractivity contribution in [2.45, 2.75) is 31.8 Å². The molecule has 0 spiro atoms. The number of aromatic nitrogens is 1. The van der Waals surface area contributed by atoms with E-state index in [2.05, 4.69) is 10.3 Å². The van der Waals surface area contributed by atoms with Crippen molar-refractivity contribution in [1.29, 1.82) is 0 Å². The molecule has 2 aliphatic heterocycles. The number of piperidine rings is 1. The minimum absolute atomic E-state index is 0.00716. The molecule has 1 unspecified atom stereocenters. The summed E-state index contributed by atoms with van der Waals surface area (Å²) in [4.78, 5) is 42.5. The fourth-order valence-corrected chi connectivity index (χ4v) is 3.07. The van der Waals surface area contributed by atoms with E-state index in [-0.39, 0.29) is 30.8 Å². The third-order valence-electron chi connectivity index (χ3n) is 4.42. The van der Waals surface area contributed by atoms with E-state index in [0.29, 0.717) is 26.2 Å². The highest BCUT2D eigenvalue weighted by molar-refractivity contribution is 5.96. The first kappa shape index (κ1) is 17.2. The first-order chi connectivity index (χ1) is 12.1. The number of amides is 4. The first-order valence-electron chi connectivity index (χ1n) is 8.55. The van der Waals surface area contributed by atoms with E-state index in [4.69, 9.17) is 4.74 Å². The normalized spacial score (nSPS) is 21.0. The van der Waals surface area contributed by atoms with Gasteiger partial charge in [-0.25, -0.2) is 4.79 Å². The van der Waals surface area contributed by atoms with Gasteiger partial charge in [-0.15, -0.1) is 0 Å². The zero-order chi connectivity index (χ0) is 17.6. The topological polar surface area (TPSA) is 91.8 Å². The Morgan fingerprint density at radius 1 is 1.28 bits per heavy atom. The van der Waals surface area contributed by atoms with E-state index in [0.717, 1.165) is 18.6 Å². The predicted octanol–water partition coefficient (Wildman–Crippen LogP) is 0.783. The van der Waals surface area contributed by atoms with E-state index in [1.54, 1.807) is 29.4 Å². The molecule has 1 atom stereocenters. The molecule has 8 nitrogen and oxygen atoms in total. The number of hydrogen-bond acceptors (Lipinski definition) is 5. The second-order valence-corrected chi connectivity index (χ2v) is 6.25. The summed E-state index contributed by atoms with van der Waals surface area (Å²) in [5.41, 5.74) is 0. The van der Waals surface area contributed by atoms with Crippen LogP contribution in [-0.2, 0) is 9.59 Å². The molecular formula is C17H22N4O4. The number of rotatable bonds is 5. The summed E-state index contributed by atoms with van der Waals surface area (Å²) in [6.45, 7) is 1.95. The molecule has 25 heavy (non-hydrogen) atoms. The SMILES string of the molecule is O=C1CCN(CCC(=O)N2CCCC(Oc3ccncc3)C2)C(=O)N1. The zero-order valence-electron chi connectivity index (χ0n) is 14.0. The van der Waals surface area contributed by atoms with Crippen molar-refractivity contribution in [3.8, 4) is 5.75 Å². The molecule has 1 aromatic heterocycles. The van der Waals surface area contributed by atoms with Gasteiger partial charge in [-0.1, -0.05) is 0 Å². The molecule has 2 aliphatic rings. The van der Waals surface area contributed by atoms with Crippen LogP contribution in [0.25, 0.3) is 0 Å². The van der Waals surface area contributed by atoms with Crippen LogP contribution in [0.1, 0.15) is 25.7 Å². The quantitative estimate of drug-likeness (QED) is 0.851. The van der Waals surface area contributed by atoms with Gasteiger partial charge in [0, 0.05) is 44.9 Å². The van der Waals surface area contributed by atoms with Crippen LogP contribution in [0.3, 0.4) is 0 Å². The van der Waals surface area contributed by atoms with Gasteiger partial charge in [-0.3, -0.25) is 19.9 Å². The van der Waals surface area contributed by atoms with Crippen LogP contribution in [0.15, 0.2) is 24.5 Å². The molecule has 4 amide bonds. The smallest absolute Gasteiger partial charge is 0.324 e. The van der Waals surface area contributed by atoms with Crippen LogP contribution in [0.5, 0.6) is 5.75 Å². The van der Waals surface area contributed by atoms with E-state index in [1.165, 1.54) is 4.90 Å². The van der Waals surface area contributed by atoms with Crippen molar-refractivity contribution >= 4 is 17.8 Å². The molecule has 3 rings (SSSR count). The van der Waals surface area contributed by atoms with Crippen LogP contribution in [-0.4, -0.2) is 64.9 Å². The van der Waals surface area contributed by atoms with Gasteiger partial charge >= 0.3 is 6.03 Å². The average molecular weight is 346 g/mol. The average Bonchev–Trinajstić information content (AvgIpc) is 2.62. The third-order valence-corrected chi connectivity index (χ3v) is 4.42. The van der Waals surface area contributed by atoms with Gasteiger partial charge in [0.05, 0.1) is 6.54 Å². The number of urea groups is 1. The lowest BCUT2D eigenvalue weighted by molar-refractivity contribution is -0.134. The van der Waals surface area contributed by atoms with Crippen molar-refractivity contribution in [2.75, 3.05) is 26.2 Å². The standard InChI is InChI=1S/C17H22N4O4/c22-15-5-10-20(17(24)19-15)11-6-16(23)21-9-1-2-14(12-21)25-13-3-7-18-8-4-13/h3-4,7-8,14H,1-2,5-6,9-12H2,(H,19,22,24). The molecule has 134 valence electrons. The molecule has 0 radical (unpaired) electrons. The second-order valence-electron chi connectivity index (χ2n) is 6.25. The third kappa shape index (κ3) is 4.68. The molecule has 2 saturated heterocycles. The number of carbonyl (C=O) groups is 3. The number of likely N-dealkylation sites (tertiary alicyclic amines) is 1. The lowest BCUT2D eigenvalue weighted by Gasteiger charge is -2.33. The number of hydrogen-bond donors (Lipinski definition) is 1. The molecule has 8 heteroatoms. The zero-order valence-corrected chi connectivity index (χ0v) is 14.0. The van der Waals surface area contributed by atoms with Crippen LogP contribution < -0.4 is 10.1 Å². The van der Waals surface area contributed by atoms with E-state index in [1.807, 2.05) is 0 Å². The van der Waals surface area contributed by atoms with E-state index in [9.17, 15) is 14.4 Å². The van der Waals surface area contributed by atoms with E-state index < -0.39 is 6.03 Å². The Balaban J connectivity index is 1.47. The van der Waals surface area contributed by atoms with Gasteiger partial charge in [0.25, 0.3) is 0 Å². The Morgan fingerprint density at radius 2 is 2.08 bits per heavy atom. The summed E-state index contributed by atoms with van der Waals surface area (Å²) in [5.74, 6) is 0.497. The summed E-state index contributed by atoms with van der Waals surface area (Å²) >= 11 is 0. The highest BCUT2D eigenvalue weighted by Crippen LogP contribution is 2.18. The maximum Gasteiger partial charge on any atom is 0.324 e. The van der Waals surface area contributed by atoms with Crippen LogP contribution in [0, 0.1) is 0 Å². The number of imide groups is 1. The van der Waals surface area contributed by atoms with E-state index >= 15 is 0 Å². The number of nitrogens with one attached hydrogen (secondary N) is 1. The molecular weight excluding hydrogens is 324 g/mol. The highest BCUT2D eigenvalue weighted by atomic mass is 16.5. The van der Waals surface area contributed by atoms with Gasteiger partial charge in [0.2, 0.25) is 11.8 Å². The Morgan fingerprint density at radius 3 is 2.84 bits per heavy atom. The van der Waals surface area contributed by atoms with Crippen molar-refractivity contribution in [2.24, 2.45) is 0 Å². The largest absolute Gasteiger partial charge is 0.488 e. The van der Waals surface area contributed by atoms with Gasteiger partial charge in [-0.2, -0.15) is 0 Å². The Hall–Kier alpha value is -2.64. The molecule has 1 N–H and O–H groups in total. The first-order valence-corrected chi connectivity index (χ1v) is 8.55. The maximum atomic E-state index is 12.4. The summed E-state index contributed by atoms with van der Waals surface area (Å²) < 4.78 is 5.91. The van der Waals surface area contributed by atoms with Gasteiger partial charge in [-0.05, 0) is 25.0 Å². The molecule has 0 aromatic carbocycles. The number of nitrogens with zero attached hydrogens (tertiary/aromatic N) is 3. The maximum absolute atomic E-state index is 12.4. The minimum atomic E-state index is -0.415. The molecule has 0 aliphatic carbocycles. The fourth-order valence-electron chi connectivity index (χ4n) is 3.07. The van der Waals surface area contributed by atoms with Crippen LogP contribution in [0.4, 0.5) is 4.79 Å². The van der Waals surface area contributed by atoms with Crippen molar-refractivity contribution in [3.63, 3.8) is 0 Å². The molecule has 2 fully saturated rings. The summed E-state index contributed by atoms with van der Waals surface area (Å²) in [6.07, 6.45) is 5.65. The van der Waals surface area contributed by atoms with Crippen LogP contribution in [0.2, 0.25) is 0 Å². The number of pyridine rings is 1. The van der Waals surface area contributed by atoms with Crippen LogP contribution >= 0.6 is 0 Å². The van der Waals surface area contributed by atoms with Crippen molar-refractivity contribution < 1.29 is 19.1 Å². The molecule has 0 saturated carbocycles. The van der Waals surface area contributed by atoms with Gasteiger partial charge in [0.1, 0.15) is 11.9 Å². The lowest BCUT2D eigenvalue weighted by Crippen LogP contribution is -2.51. The molecule has 1 aromatic rings. The predicted molar refractivity (Wildman–Crippen MR) is 88.8 cm³/mol. The summed E-state index contributed by atoms with van der Waals surface area (Å²) in [5, 5.41) is 2.27.